The molecule has 2 aromatic rings. The number of hydrogen-bond donors (Lipinski definition) is 2. The summed E-state index contributed by atoms with van der Waals surface area (Å²) in [4.78, 5) is 15.8. The molecule has 0 atom stereocenters. The van der Waals surface area contributed by atoms with Crippen LogP contribution in [0, 0.1) is 0 Å². The van der Waals surface area contributed by atoms with E-state index in [1.807, 2.05) is 17.5 Å². The van der Waals surface area contributed by atoms with Gasteiger partial charge in [-0.1, -0.05) is 6.07 Å². The Morgan fingerprint density at radius 3 is 3.06 bits per heavy atom. The molecular formula is C11H10N2O3S. The maximum atomic E-state index is 10.8. The number of ether oxygens (including phenoxy) is 1. The fraction of sp³-hybridized carbons (Fsp3) is 0.0909. The van der Waals surface area contributed by atoms with Crippen LogP contribution in [0.2, 0.25) is 0 Å². The standard InChI is InChI=1S/C11H10N2O3S/c12-9-5-13-10(4-8(9)11(14)15)16-6-7-2-1-3-17-7/h1-5H,6,12H2,(H,14,15). The smallest absolute Gasteiger partial charge is 0.338 e. The highest BCUT2D eigenvalue weighted by Crippen LogP contribution is 2.18. The van der Waals surface area contributed by atoms with Crippen molar-refractivity contribution in [1.29, 1.82) is 0 Å². The third kappa shape index (κ3) is 2.73. The first kappa shape index (κ1) is 11.4. The van der Waals surface area contributed by atoms with Crippen LogP contribution in [0.25, 0.3) is 0 Å². The average molecular weight is 250 g/mol. The summed E-state index contributed by atoms with van der Waals surface area (Å²) in [7, 11) is 0. The van der Waals surface area contributed by atoms with Gasteiger partial charge in [0, 0.05) is 10.9 Å². The van der Waals surface area contributed by atoms with Gasteiger partial charge in [-0.25, -0.2) is 9.78 Å². The minimum Gasteiger partial charge on any atom is -0.478 e. The first-order valence-electron chi connectivity index (χ1n) is 4.81. The van der Waals surface area contributed by atoms with E-state index < -0.39 is 5.97 Å². The van der Waals surface area contributed by atoms with E-state index >= 15 is 0 Å². The quantitative estimate of drug-likeness (QED) is 0.866. The van der Waals surface area contributed by atoms with E-state index in [4.69, 9.17) is 15.6 Å². The van der Waals surface area contributed by atoms with Crippen molar-refractivity contribution >= 4 is 23.0 Å². The Morgan fingerprint density at radius 2 is 2.41 bits per heavy atom. The number of carboxylic acids is 1. The Morgan fingerprint density at radius 1 is 1.59 bits per heavy atom. The van der Waals surface area contributed by atoms with E-state index in [2.05, 4.69) is 4.98 Å². The number of nitrogens with two attached hydrogens (primary N) is 1. The number of aromatic nitrogens is 1. The minimum atomic E-state index is -1.09. The summed E-state index contributed by atoms with van der Waals surface area (Å²) >= 11 is 1.56. The van der Waals surface area contributed by atoms with Gasteiger partial charge >= 0.3 is 5.97 Å². The Kier molecular flexibility index (Phi) is 3.24. The van der Waals surface area contributed by atoms with Crippen LogP contribution in [-0.4, -0.2) is 16.1 Å². The van der Waals surface area contributed by atoms with Crippen molar-refractivity contribution in [3.8, 4) is 5.88 Å². The second-order valence-electron chi connectivity index (χ2n) is 3.28. The maximum absolute atomic E-state index is 10.8. The van der Waals surface area contributed by atoms with E-state index in [1.165, 1.54) is 12.3 Å². The largest absolute Gasteiger partial charge is 0.478 e. The molecule has 0 aliphatic rings. The highest BCUT2D eigenvalue weighted by Gasteiger charge is 2.10. The number of hydrogen-bond acceptors (Lipinski definition) is 5. The van der Waals surface area contributed by atoms with Gasteiger partial charge in [0.1, 0.15) is 6.61 Å². The Balaban J connectivity index is 2.11. The number of thiophene rings is 1. The molecule has 88 valence electrons. The van der Waals surface area contributed by atoms with Gasteiger partial charge in [0.15, 0.2) is 0 Å². The fourth-order valence-corrected chi connectivity index (χ4v) is 1.87. The zero-order chi connectivity index (χ0) is 12.3. The van der Waals surface area contributed by atoms with E-state index in [0.29, 0.717) is 6.61 Å². The summed E-state index contributed by atoms with van der Waals surface area (Å²) in [5.41, 5.74) is 5.61. The summed E-state index contributed by atoms with van der Waals surface area (Å²) in [5.74, 6) is -0.837. The Labute approximate surface area is 101 Å². The molecule has 0 aliphatic heterocycles. The van der Waals surface area contributed by atoms with Gasteiger partial charge in [0.25, 0.3) is 0 Å². The third-order valence-electron chi connectivity index (χ3n) is 2.08. The third-order valence-corrected chi connectivity index (χ3v) is 2.93. The number of rotatable bonds is 4. The van der Waals surface area contributed by atoms with Crippen LogP contribution < -0.4 is 10.5 Å². The fourth-order valence-electron chi connectivity index (χ4n) is 1.25. The molecule has 0 aromatic carbocycles. The second-order valence-corrected chi connectivity index (χ2v) is 4.32. The molecule has 0 spiro atoms. The molecule has 0 fully saturated rings. The lowest BCUT2D eigenvalue weighted by molar-refractivity contribution is 0.0697. The predicted octanol–water partition coefficient (Wildman–Crippen LogP) is 2.00. The zero-order valence-corrected chi connectivity index (χ0v) is 9.61. The molecule has 0 saturated carbocycles. The number of nitrogen functional groups attached to an aromatic ring is 1. The molecule has 0 radical (unpaired) electrons. The number of nitrogens with zero attached hydrogens (tertiary/aromatic N) is 1. The number of pyridine rings is 1. The molecule has 2 aromatic heterocycles. The first-order valence-corrected chi connectivity index (χ1v) is 5.69. The van der Waals surface area contributed by atoms with Crippen molar-refractivity contribution in [3.05, 3.63) is 40.2 Å². The molecule has 3 N–H and O–H groups in total. The van der Waals surface area contributed by atoms with Gasteiger partial charge in [-0.15, -0.1) is 11.3 Å². The van der Waals surface area contributed by atoms with Crippen LogP contribution in [0.3, 0.4) is 0 Å². The topological polar surface area (TPSA) is 85.4 Å². The number of aromatic carboxylic acids is 1. The molecule has 0 saturated heterocycles. The average Bonchev–Trinajstić information content (AvgIpc) is 2.80. The predicted molar refractivity (Wildman–Crippen MR) is 64.3 cm³/mol. The molecule has 2 rings (SSSR count). The molecule has 0 unspecified atom stereocenters. The molecule has 17 heavy (non-hydrogen) atoms. The molecule has 2 heterocycles. The highest BCUT2D eigenvalue weighted by atomic mass is 32.1. The van der Waals surface area contributed by atoms with Crippen molar-refractivity contribution in [2.75, 3.05) is 5.73 Å². The van der Waals surface area contributed by atoms with E-state index in [1.54, 1.807) is 11.3 Å². The number of anilines is 1. The van der Waals surface area contributed by atoms with Crippen LogP contribution in [0.15, 0.2) is 29.8 Å². The molecule has 0 amide bonds. The van der Waals surface area contributed by atoms with Gasteiger partial charge < -0.3 is 15.6 Å². The van der Waals surface area contributed by atoms with E-state index in [-0.39, 0.29) is 17.1 Å². The summed E-state index contributed by atoms with van der Waals surface area (Å²) in [6.07, 6.45) is 1.28. The van der Waals surface area contributed by atoms with Crippen molar-refractivity contribution in [1.82, 2.24) is 4.98 Å². The summed E-state index contributed by atoms with van der Waals surface area (Å²) in [5, 5.41) is 10.8. The van der Waals surface area contributed by atoms with Gasteiger partial charge in [-0.3, -0.25) is 0 Å². The first-order chi connectivity index (χ1) is 8.16. The van der Waals surface area contributed by atoms with Crippen LogP contribution in [0.1, 0.15) is 15.2 Å². The SMILES string of the molecule is Nc1cnc(OCc2cccs2)cc1C(=O)O. The van der Waals surface area contributed by atoms with Crippen LogP contribution in [0.4, 0.5) is 5.69 Å². The normalized spacial score (nSPS) is 10.1. The molecule has 6 heteroatoms. The minimum absolute atomic E-state index is 0.00109. The van der Waals surface area contributed by atoms with Gasteiger partial charge in [0.2, 0.25) is 5.88 Å². The Hall–Kier alpha value is -2.08. The summed E-state index contributed by atoms with van der Waals surface area (Å²) < 4.78 is 5.38. The van der Waals surface area contributed by atoms with E-state index in [0.717, 1.165) is 4.88 Å². The molecule has 0 aliphatic carbocycles. The lowest BCUT2D eigenvalue weighted by Gasteiger charge is -2.05. The number of carbonyl (C=O) groups is 1. The highest BCUT2D eigenvalue weighted by molar-refractivity contribution is 7.09. The maximum Gasteiger partial charge on any atom is 0.338 e. The van der Waals surface area contributed by atoms with Crippen molar-refractivity contribution in [2.45, 2.75) is 6.61 Å². The molecule has 0 bridgehead atoms. The Bertz CT molecular complexity index is 526. The summed E-state index contributed by atoms with van der Waals surface area (Å²) in [6.45, 7) is 0.369. The lowest BCUT2D eigenvalue weighted by Crippen LogP contribution is -2.04. The van der Waals surface area contributed by atoms with E-state index in [9.17, 15) is 4.79 Å². The second kappa shape index (κ2) is 4.84. The van der Waals surface area contributed by atoms with Gasteiger partial charge in [0.05, 0.1) is 17.4 Å². The molecular weight excluding hydrogens is 240 g/mol. The monoisotopic (exact) mass is 250 g/mol. The van der Waals surface area contributed by atoms with Crippen molar-refractivity contribution in [3.63, 3.8) is 0 Å². The zero-order valence-electron chi connectivity index (χ0n) is 8.79. The van der Waals surface area contributed by atoms with Crippen molar-refractivity contribution < 1.29 is 14.6 Å². The summed E-state index contributed by atoms with van der Waals surface area (Å²) in [6, 6.07) is 5.17. The lowest BCUT2D eigenvalue weighted by atomic mass is 10.2. The van der Waals surface area contributed by atoms with Crippen LogP contribution in [-0.2, 0) is 6.61 Å². The van der Waals surface area contributed by atoms with Crippen molar-refractivity contribution in [2.24, 2.45) is 0 Å². The van der Waals surface area contributed by atoms with Crippen LogP contribution >= 0.6 is 11.3 Å². The van der Waals surface area contributed by atoms with Gasteiger partial charge in [-0.2, -0.15) is 0 Å². The molecule has 5 nitrogen and oxygen atoms in total. The van der Waals surface area contributed by atoms with Crippen LogP contribution in [0.5, 0.6) is 5.88 Å². The van der Waals surface area contributed by atoms with Gasteiger partial charge in [-0.05, 0) is 11.4 Å². The number of carboxylic acid groups (broad SMARTS) is 1.